The second-order valence-electron chi connectivity index (χ2n) is 4.86. The Labute approximate surface area is 121 Å². The molecule has 1 fully saturated rings. The van der Waals surface area contributed by atoms with Gasteiger partial charge in [-0.05, 0) is 50.0 Å². The van der Waals surface area contributed by atoms with Crippen molar-refractivity contribution in [3.8, 4) is 0 Å². The van der Waals surface area contributed by atoms with E-state index in [0.29, 0.717) is 6.04 Å². The molecule has 2 aromatic heterocycles. The molecule has 1 aliphatic rings. The van der Waals surface area contributed by atoms with E-state index in [-0.39, 0.29) is 0 Å². The molecule has 5 nitrogen and oxygen atoms in total. The molecule has 0 aliphatic heterocycles. The van der Waals surface area contributed by atoms with Gasteiger partial charge in [0.1, 0.15) is 10.9 Å². The molecule has 0 amide bonds. The standard InChI is InChI=1S/C12H17N5S2/c1-7-10(6-13-9-4-5-9)11(17(3)15-7)18-12-14-8(2)16-19-12/h9,13H,4-6H2,1-3H3. The van der Waals surface area contributed by atoms with Crippen molar-refractivity contribution < 1.29 is 0 Å². The summed E-state index contributed by atoms with van der Waals surface area (Å²) in [6.45, 7) is 4.88. The Bertz CT molecular complexity index is 585. The van der Waals surface area contributed by atoms with Crippen molar-refractivity contribution in [2.45, 2.75) is 48.6 Å². The molecule has 0 radical (unpaired) electrons. The first kappa shape index (κ1) is 13.1. The molecule has 0 atom stereocenters. The summed E-state index contributed by atoms with van der Waals surface area (Å²) in [5, 5.41) is 9.25. The summed E-state index contributed by atoms with van der Waals surface area (Å²) in [7, 11) is 1.99. The van der Waals surface area contributed by atoms with E-state index in [1.54, 1.807) is 11.8 Å². The monoisotopic (exact) mass is 295 g/mol. The Morgan fingerprint density at radius 3 is 2.84 bits per heavy atom. The van der Waals surface area contributed by atoms with E-state index in [0.717, 1.165) is 22.4 Å². The smallest absolute Gasteiger partial charge is 0.176 e. The van der Waals surface area contributed by atoms with E-state index in [1.807, 2.05) is 18.7 Å². The fraction of sp³-hybridized carbons (Fsp3) is 0.583. The SMILES string of the molecule is Cc1nsc(Sc2c(CNC3CC3)c(C)nn2C)n1. The molecule has 0 bridgehead atoms. The summed E-state index contributed by atoms with van der Waals surface area (Å²) >= 11 is 3.11. The summed E-state index contributed by atoms with van der Waals surface area (Å²) in [5.41, 5.74) is 2.38. The minimum atomic E-state index is 0.709. The number of hydrogen-bond donors (Lipinski definition) is 1. The van der Waals surface area contributed by atoms with Crippen molar-refractivity contribution in [3.63, 3.8) is 0 Å². The molecule has 1 N–H and O–H groups in total. The largest absolute Gasteiger partial charge is 0.310 e. The zero-order valence-corrected chi connectivity index (χ0v) is 12.9. The summed E-state index contributed by atoms with van der Waals surface area (Å²) < 4.78 is 7.15. The lowest BCUT2D eigenvalue weighted by Crippen LogP contribution is -2.16. The van der Waals surface area contributed by atoms with Crippen molar-refractivity contribution in [3.05, 3.63) is 17.1 Å². The molecule has 19 heavy (non-hydrogen) atoms. The van der Waals surface area contributed by atoms with E-state index in [4.69, 9.17) is 0 Å². The minimum absolute atomic E-state index is 0.709. The molecule has 2 aromatic rings. The third kappa shape index (κ3) is 2.98. The maximum atomic E-state index is 4.52. The van der Waals surface area contributed by atoms with E-state index >= 15 is 0 Å². The van der Waals surface area contributed by atoms with E-state index in [2.05, 4.69) is 26.7 Å². The molecule has 1 saturated carbocycles. The molecular weight excluding hydrogens is 278 g/mol. The third-order valence-electron chi connectivity index (χ3n) is 3.13. The molecule has 0 saturated heterocycles. The summed E-state index contributed by atoms with van der Waals surface area (Å²) in [6.07, 6.45) is 2.61. The second kappa shape index (κ2) is 5.22. The predicted molar refractivity (Wildman–Crippen MR) is 76.6 cm³/mol. The van der Waals surface area contributed by atoms with Crippen molar-refractivity contribution in [2.24, 2.45) is 7.05 Å². The highest BCUT2D eigenvalue weighted by Crippen LogP contribution is 2.33. The van der Waals surface area contributed by atoms with Gasteiger partial charge in [0.15, 0.2) is 4.34 Å². The van der Waals surface area contributed by atoms with Gasteiger partial charge >= 0.3 is 0 Å². The number of nitrogens with one attached hydrogen (secondary N) is 1. The first-order valence-electron chi connectivity index (χ1n) is 6.37. The molecule has 102 valence electrons. The minimum Gasteiger partial charge on any atom is -0.310 e. The first-order valence-corrected chi connectivity index (χ1v) is 7.96. The fourth-order valence-corrected chi connectivity index (χ4v) is 3.73. The second-order valence-corrected chi connectivity index (χ2v) is 6.85. The number of hydrogen-bond acceptors (Lipinski definition) is 6. The van der Waals surface area contributed by atoms with Crippen LogP contribution in [0.5, 0.6) is 0 Å². The van der Waals surface area contributed by atoms with Crippen LogP contribution in [-0.4, -0.2) is 25.2 Å². The van der Waals surface area contributed by atoms with Crippen molar-refractivity contribution in [2.75, 3.05) is 0 Å². The lowest BCUT2D eigenvalue weighted by molar-refractivity contribution is 0.658. The quantitative estimate of drug-likeness (QED) is 0.917. The van der Waals surface area contributed by atoms with Gasteiger partial charge in [-0.1, -0.05) is 0 Å². The van der Waals surface area contributed by atoms with Crippen LogP contribution in [0.15, 0.2) is 9.37 Å². The van der Waals surface area contributed by atoms with Crippen LogP contribution >= 0.6 is 23.3 Å². The van der Waals surface area contributed by atoms with Crippen LogP contribution in [0.1, 0.15) is 29.9 Å². The maximum Gasteiger partial charge on any atom is 0.176 e. The van der Waals surface area contributed by atoms with E-state index in [9.17, 15) is 0 Å². The van der Waals surface area contributed by atoms with Gasteiger partial charge in [-0.15, -0.1) is 0 Å². The van der Waals surface area contributed by atoms with Gasteiger partial charge in [0.05, 0.1) is 5.69 Å². The fourth-order valence-electron chi connectivity index (χ4n) is 1.95. The average molecular weight is 295 g/mol. The summed E-state index contributed by atoms with van der Waals surface area (Å²) in [6, 6.07) is 0.709. The Hall–Kier alpha value is -0.920. The van der Waals surface area contributed by atoms with Crippen LogP contribution in [0.3, 0.4) is 0 Å². The lowest BCUT2D eigenvalue weighted by atomic mass is 10.2. The zero-order valence-electron chi connectivity index (χ0n) is 11.3. The highest BCUT2D eigenvalue weighted by Gasteiger charge is 2.23. The molecule has 0 unspecified atom stereocenters. The molecule has 0 spiro atoms. The van der Waals surface area contributed by atoms with Gasteiger partial charge in [-0.3, -0.25) is 4.68 Å². The number of rotatable bonds is 5. The highest BCUT2D eigenvalue weighted by atomic mass is 32.2. The van der Waals surface area contributed by atoms with E-state index < -0.39 is 0 Å². The molecule has 0 aromatic carbocycles. The molecule has 7 heteroatoms. The van der Waals surface area contributed by atoms with Crippen LogP contribution in [-0.2, 0) is 13.6 Å². The molecule has 1 aliphatic carbocycles. The van der Waals surface area contributed by atoms with Crippen LogP contribution in [0.25, 0.3) is 0 Å². The van der Waals surface area contributed by atoms with Gasteiger partial charge in [0.2, 0.25) is 0 Å². The van der Waals surface area contributed by atoms with Crippen LogP contribution in [0.2, 0.25) is 0 Å². The predicted octanol–water partition coefficient (Wildman–Crippen LogP) is 2.29. The van der Waals surface area contributed by atoms with Gasteiger partial charge in [0.25, 0.3) is 0 Å². The van der Waals surface area contributed by atoms with Gasteiger partial charge in [-0.25, -0.2) is 4.98 Å². The Kier molecular flexibility index (Phi) is 3.60. The third-order valence-corrected chi connectivity index (χ3v) is 5.17. The maximum absolute atomic E-state index is 4.52. The number of aromatic nitrogens is 4. The Morgan fingerprint density at radius 2 is 2.21 bits per heavy atom. The molecule has 3 rings (SSSR count). The average Bonchev–Trinajstić information content (AvgIpc) is 3.04. The van der Waals surface area contributed by atoms with Crippen molar-refractivity contribution >= 4 is 23.3 Å². The van der Waals surface area contributed by atoms with Gasteiger partial charge < -0.3 is 5.32 Å². The Balaban J connectivity index is 1.81. The molecule has 2 heterocycles. The first-order chi connectivity index (χ1) is 9.13. The van der Waals surface area contributed by atoms with Crippen LogP contribution in [0.4, 0.5) is 0 Å². The van der Waals surface area contributed by atoms with Crippen molar-refractivity contribution in [1.29, 1.82) is 0 Å². The number of aryl methyl sites for hydroxylation is 3. The molecular formula is C12H17N5S2. The Morgan fingerprint density at radius 1 is 1.42 bits per heavy atom. The lowest BCUT2D eigenvalue weighted by Gasteiger charge is -2.05. The van der Waals surface area contributed by atoms with Gasteiger partial charge in [0, 0.05) is 25.2 Å². The van der Waals surface area contributed by atoms with Crippen molar-refractivity contribution in [1.82, 2.24) is 24.5 Å². The van der Waals surface area contributed by atoms with Crippen LogP contribution < -0.4 is 5.32 Å². The highest BCUT2D eigenvalue weighted by molar-refractivity contribution is 8.00. The van der Waals surface area contributed by atoms with Crippen LogP contribution in [0, 0.1) is 13.8 Å². The zero-order chi connectivity index (χ0) is 13.4. The van der Waals surface area contributed by atoms with Gasteiger partial charge in [-0.2, -0.15) is 9.47 Å². The van der Waals surface area contributed by atoms with E-state index in [1.165, 1.54) is 35.0 Å². The summed E-state index contributed by atoms with van der Waals surface area (Å²) in [4.78, 5) is 4.41. The number of nitrogens with zero attached hydrogens (tertiary/aromatic N) is 4. The normalized spacial score (nSPS) is 15.1. The summed E-state index contributed by atoms with van der Waals surface area (Å²) in [5.74, 6) is 0.837. The topological polar surface area (TPSA) is 55.6 Å².